The third-order valence-electron chi connectivity index (χ3n) is 6.67. The van der Waals surface area contributed by atoms with Crippen molar-refractivity contribution < 1.29 is 11.0 Å². The van der Waals surface area contributed by atoms with Crippen molar-refractivity contribution in [1.82, 2.24) is 0 Å². The largest absolute Gasteiger partial charge is 0.381 e. The van der Waals surface area contributed by atoms with Crippen molar-refractivity contribution in [1.29, 1.82) is 0 Å². The second-order valence-corrected chi connectivity index (χ2v) is 9.69. The third-order valence-corrected chi connectivity index (χ3v) is 6.67. The number of benzene rings is 1. The van der Waals surface area contributed by atoms with E-state index in [-0.39, 0.29) is 14.6 Å². The van der Waals surface area contributed by atoms with E-state index in [2.05, 4.69) is 89.5 Å². The van der Waals surface area contributed by atoms with E-state index in [0.29, 0.717) is 12.0 Å². The minimum atomic E-state index is 0. The minimum absolute atomic E-state index is 0. The van der Waals surface area contributed by atoms with Crippen LogP contribution < -0.4 is 0 Å². The average molecular weight is 556 g/mol. The monoisotopic (exact) mass is 556 g/mol. The first kappa shape index (κ1) is 42.0. The molecule has 1 heterocycles. The van der Waals surface area contributed by atoms with Gasteiger partial charge < -0.3 is 4.74 Å². The van der Waals surface area contributed by atoms with Gasteiger partial charge in [0, 0.05) is 39.9 Å². The summed E-state index contributed by atoms with van der Waals surface area (Å²) in [5.41, 5.74) is 6.80. The van der Waals surface area contributed by atoms with E-state index in [4.69, 9.17) is 4.74 Å². The topological polar surface area (TPSA) is 38.7 Å². The van der Waals surface area contributed by atoms with Gasteiger partial charge in [0.15, 0.2) is 5.78 Å². The van der Waals surface area contributed by atoms with Gasteiger partial charge in [0.05, 0.1) is 0 Å². The van der Waals surface area contributed by atoms with Crippen LogP contribution in [0.5, 0.6) is 0 Å². The zero-order valence-corrected chi connectivity index (χ0v) is 27.0. The highest BCUT2D eigenvalue weighted by Gasteiger charge is 2.11. The Morgan fingerprint density at radius 2 is 1.65 bits per heavy atom. The Labute approximate surface area is 251 Å². The molecule has 0 aliphatic carbocycles. The summed E-state index contributed by atoms with van der Waals surface area (Å²) in [4.78, 5) is 16.2. The number of carbonyl (C=O) groups excluding carboxylic acids is 1. The van der Waals surface area contributed by atoms with E-state index in [0.717, 1.165) is 44.0 Å². The normalized spacial score (nSPS) is 14.0. The van der Waals surface area contributed by atoms with Crippen LogP contribution in [0.3, 0.4) is 0 Å². The fraction of sp³-hybridized carbons (Fsp3) is 0.568. The number of Topliss-reactive ketones (excluding diaryl/α,β-unsaturated/α-hetero) is 1. The Balaban J connectivity index is -0.000000272. The summed E-state index contributed by atoms with van der Waals surface area (Å²) in [6.07, 6.45) is 14.9. The Bertz CT molecular complexity index is 901. The molecule has 0 spiro atoms. The summed E-state index contributed by atoms with van der Waals surface area (Å²) in [5, 5.41) is 0. The lowest BCUT2D eigenvalue weighted by Crippen LogP contribution is -2.14. The summed E-state index contributed by atoms with van der Waals surface area (Å²) in [6.45, 7) is 24.8. The van der Waals surface area contributed by atoms with Gasteiger partial charge in [0.2, 0.25) is 0 Å². The first-order valence-corrected chi connectivity index (χ1v) is 15.0. The van der Waals surface area contributed by atoms with Crippen molar-refractivity contribution in [3.63, 3.8) is 0 Å². The summed E-state index contributed by atoms with van der Waals surface area (Å²) in [7, 11) is 1.69. The predicted octanol–water partition coefficient (Wildman–Crippen LogP) is 11.1. The van der Waals surface area contributed by atoms with Gasteiger partial charge >= 0.3 is 0 Å². The number of aliphatic imine (C=N–C) groups is 1. The van der Waals surface area contributed by atoms with Crippen molar-refractivity contribution in [3.05, 3.63) is 82.5 Å². The first-order chi connectivity index (χ1) is 18.7. The summed E-state index contributed by atoms with van der Waals surface area (Å²) in [5.74, 6) is 1.10. The molecule has 0 amide bonds. The Hall–Kier alpha value is -2.52. The van der Waals surface area contributed by atoms with Gasteiger partial charge in [0.25, 0.3) is 0 Å². The minimum Gasteiger partial charge on any atom is -0.381 e. The van der Waals surface area contributed by atoms with Crippen LogP contribution in [0.2, 0.25) is 0 Å². The van der Waals surface area contributed by atoms with Crippen LogP contribution in [0.25, 0.3) is 0 Å². The maximum Gasteiger partial charge on any atom is 0.163 e. The van der Waals surface area contributed by atoms with Gasteiger partial charge in [-0.05, 0) is 82.9 Å². The smallest absolute Gasteiger partial charge is 0.163 e. The lowest BCUT2D eigenvalue weighted by Gasteiger charge is -2.19. The van der Waals surface area contributed by atoms with Gasteiger partial charge in [-0.2, -0.15) is 0 Å². The molecule has 1 fully saturated rings. The lowest BCUT2D eigenvalue weighted by atomic mass is 9.96. The zero-order chi connectivity index (χ0) is 30.1. The number of carbonyl (C=O) groups is 1. The van der Waals surface area contributed by atoms with Crippen molar-refractivity contribution in [2.24, 2.45) is 10.9 Å². The van der Waals surface area contributed by atoms with E-state index in [1.807, 2.05) is 20.8 Å². The lowest BCUT2D eigenvalue weighted by molar-refractivity contribution is -0.115. The van der Waals surface area contributed by atoms with Gasteiger partial charge in [0.1, 0.15) is 0 Å². The van der Waals surface area contributed by atoms with Gasteiger partial charge in [-0.15, -0.1) is 0 Å². The second-order valence-electron chi connectivity index (χ2n) is 9.69. The fourth-order valence-corrected chi connectivity index (χ4v) is 3.62. The molecular weight excluding hydrogens is 490 g/mol. The molecule has 1 aromatic carbocycles. The van der Waals surface area contributed by atoms with E-state index < -0.39 is 0 Å². The fourth-order valence-electron chi connectivity index (χ4n) is 3.62. The number of rotatable bonds is 10. The number of hydrogen-bond acceptors (Lipinski definition) is 3. The number of ether oxygens (including phenoxy) is 1. The molecule has 2 rings (SSSR count). The maximum atomic E-state index is 12.3. The molecule has 1 aliphatic rings. The van der Waals surface area contributed by atoms with Crippen LogP contribution in [0.1, 0.15) is 114 Å². The van der Waals surface area contributed by atoms with Gasteiger partial charge in [-0.1, -0.05) is 108 Å². The maximum absolute atomic E-state index is 12.3. The molecular formula is C37H65NO2. The van der Waals surface area contributed by atoms with Crippen LogP contribution in [-0.4, -0.2) is 32.3 Å². The molecule has 0 aromatic heterocycles. The molecule has 0 unspecified atom stereocenters. The number of nitrogens with zero attached hydrogens (tertiary/aromatic N) is 1. The van der Waals surface area contributed by atoms with E-state index in [9.17, 15) is 4.79 Å². The van der Waals surface area contributed by atoms with Crippen LogP contribution in [0, 0.1) is 12.8 Å². The molecule has 1 aliphatic heterocycles. The molecule has 230 valence electrons. The number of allylic oxidation sites excluding steroid dienone is 7. The standard InChI is InChI=1S/C18H23NO.C9H16.C7H14O.C2H6.CH4.H2/c1-5-15(3)17(12-13-19-4)18(20)11-10-16-8-6-14(2)7-9-16;1-5-8(3)7-9(4)6-2;1-2-7-3-5-8-6-4-7;1-2;;/h6-9,12-13H,3,5,10-11H2,1-2,4H3;5,7H,6H2,1-4H3;7H,2-6H2,1H3;1-2H3;1H4;1H/b17-12+,19-13?;8-5-,9-7-;;;;. The van der Waals surface area contributed by atoms with Crippen molar-refractivity contribution in [2.75, 3.05) is 20.3 Å². The second kappa shape index (κ2) is 28.0. The Kier molecular flexibility index (Phi) is 29.4. The van der Waals surface area contributed by atoms with Gasteiger partial charge in [-0.25, -0.2) is 0 Å². The molecule has 1 saturated heterocycles. The van der Waals surface area contributed by atoms with Crippen LogP contribution in [-0.2, 0) is 16.0 Å². The quantitative estimate of drug-likeness (QED) is 0.164. The molecule has 0 N–H and O–H groups in total. The molecule has 0 radical (unpaired) electrons. The number of hydrogen-bond donors (Lipinski definition) is 0. The highest BCUT2D eigenvalue weighted by atomic mass is 16.5. The van der Waals surface area contributed by atoms with Gasteiger partial charge in [-0.3, -0.25) is 9.79 Å². The average Bonchev–Trinajstić information content (AvgIpc) is 2.98. The Morgan fingerprint density at radius 1 is 1.07 bits per heavy atom. The number of ketones is 1. The van der Waals surface area contributed by atoms with E-state index in [1.165, 1.54) is 41.5 Å². The molecule has 3 nitrogen and oxygen atoms in total. The molecule has 40 heavy (non-hydrogen) atoms. The zero-order valence-electron chi connectivity index (χ0n) is 27.0. The van der Waals surface area contributed by atoms with Crippen molar-refractivity contribution in [3.8, 4) is 0 Å². The highest BCUT2D eigenvalue weighted by Crippen LogP contribution is 2.17. The van der Waals surface area contributed by atoms with E-state index in [1.54, 1.807) is 19.3 Å². The number of aryl methyl sites for hydroxylation is 2. The first-order valence-electron chi connectivity index (χ1n) is 15.0. The van der Waals surface area contributed by atoms with Crippen LogP contribution >= 0.6 is 0 Å². The van der Waals surface area contributed by atoms with Crippen molar-refractivity contribution >= 4 is 12.0 Å². The summed E-state index contributed by atoms with van der Waals surface area (Å²) in [6, 6.07) is 8.30. The third kappa shape index (κ3) is 21.3. The molecule has 0 bridgehead atoms. The Morgan fingerprint density at radius 3 is 2.08 bits per heavy atom. The SMILES string of the molecule is C.C/C=C(C)\C=C(\C)CC.C=C(CC)/C(=C\C=NC)C(=O)CCc1ccc(C)cc1.CC.CCC1CCOCC1.[HH]. The molecule has 3 heteroatoms. The van der Waals surface area contributed by atoms with Crippen molar-refractivity contribution in [2.45, 2.75) is 115 Å². The van der Waals surface area contributed by atoms with E-state index >= 15 is 0 Å². The molecule has 0 saturated carbocycles. The predicted molar refractivity (Wildman–Crippen MR) is 184 cm³/mol. The van der Waals surface area contributed by atoms with Crippen LogP contribution in [0.4, 0.5) is 0 Å². The highest BCUT2D eigenvalue weighted by molar-refractivity contribution is 6.02. The summed E-state index contributed by atoms with van der Waals surface area (Å²) >= 11 is 0. The van der Waals surface area contributed by atoms with Crippen LogP contribution in [0.15, 0.2) is 76.4 Å². The molecule has 0 atom stereocenters. The summed E-state index contributed by atoms with van der Waals surface area (Å²) < 4.78 is 5.20. The molecule has 1 aromatic rings.